The molecule has 0 saturated heterocycles. The van der Waals surface area contributed by atoms with Crippen molar-refractivity contribution < 1.29 is 17.6 Å². The molecule has 3 rings (SSSR count). The monoisotopic (exact) mass is 463 g/mol. The van der Waals surface area contributed by atoms with Gasteiger partial charge in [-0.05, 0) is 58.0 Å². The molecular formula is C20H25N5O4S2. The minimum absolute atomic E-state index is 0.141. The number of carbonyl (C=O) groups excluding carboxylic acids is 1. The number of thioether (sulfide) groups is 1. The van der Waals surface area contributed by atoms with Crippen LogP contribution >= 0.6 is 11.8 Å². The molecule has 2 heterocycles. The Morgan fingerprint density at radius 3 is 2.39 bits per heavy atom. The SMILES string of the molecule is Cc1occc1-c1nnc(SC(C)C(=O)Nc2ccc(S(=O)(=O)NC(C)C)cc2)n1C. The van der Waals surface area contributed by atoms with Gasteiger partial charge in [0.15, 0.2) is 11.0 Å². The molecule has 3 aromatic rings. The van der Waals surface area contributed by atoms with Crippen molar-refractivity contribution in [3.63, 3.8) is 0 Å². The lowest BCUT2D eigenvalue weighted by molar-refractivity contribution is -0.115. The first-order chi connectivity index (χ1) is 14.6. The zero-order chi connectivity index (χ0) is 22.8. The third-order valence-corrected chi connectivity index (χ3v) is 7.22. The number of hydrogen-bond acceptors (Lipinski definition) is 7. The van der Waals surface area contributed by atoms with E-state index < -0.39 is 15.3 Å². The molecule has 166 valence electrons. The highest BCUT2D eigenvalue weighted by atomic mass is 32.2. The molecular weight excluding hydrogens is 438 g/mol. The van der Waals surface area contributed by atoms with E-state index in [0.29, 0.717) is 16.7 Å². The number of aryl methyl sites for hydroxylation is 1. The Kier molecular flexibility index (Phi) is 6.87. The molecule has 0 aliphatic carbocycles. The van der Waals surface area contributed by atoms with Crippen LogP contribution in [-0.2, 0) is 21.9 Å². The van der Waals surface area contributed by atoms with Crippen molar-refractivity contribution in [2.75, 3.05) is 5.32 Å². The number of nitrogens with one attached hydrogen (secondary N) is 2. The average molecular weight is 464 g/mol. The number of benzene rings is 1. The van der Waals surface area contributed by atoms with E-state index >= 15 is 0 Å². The van der Waals surface area contributed by atoms with E-state index in [4.69, 9.17) is 4.42 Å². The molecule has 0 saturated carbocycles. The normalized spacial score (nSPS) is 12.8. The quantitative estimate of drug-likeness (QED) is 0.492. The van der Waals surface area contributed by atoms with Crippen LogP contribution in [0.1, 0.15) is 26.5 Å². The standard InChI is InChI=1S/C20H25N5O4S2/c1-12(2)24-31(27,28)16-8-6-15(7-9-16)21-19(26)14(4)30-20-23-22-18(25(20)5)17-10-11-29-13(17)3/h6-12,14,24H,1-5H3,(H,21,26). The van der Waals surface area contributed by atoms with E-state index in [1.807, 2.05) is 24.6 Å². The Morgan fingerprint density at radius 1 is 1.13 bits per heavy atom. The Labute approximate surface area is 185 Å². The fourth-order valence-electron chi connectivity index (χ4n) is 2.82. The van der Waals surface area contributed by atoms with Gasteiger partial charge in [0.25, 0.3) is 0 Å². The maximum atomic E-state index is 12.6. The van der Waals surface area contributed by atoms with E-state index in [1.165, 1.54) is 23.9 Å². The van der Waals surface area contributed by atoms with Gasteiger partial charge in [0.1, 0.15) is 5.76 Å². The number of aromatic nitrogens is 3. The van der Waals surface area contributed by atoms with Crippen LogP contribution in [-0.4, -0.2) is 40.4 Å². The van der Waals surface area contributed by atoms with Crippen molar-refractivity contribution >= 4 is 33.4 Å². The van der Waals surface area contributed by atoms with Crippen LogP contribution < -0.4 is 10.0 Å². The minimum Gasteiger partial charge on any atom is -0.469 e. The van der Waals surface area contributed by atoms with Crippen molar-refractivity contribution in [3.8, 4) is 11.4 Å². The van der Waals surface area contributed by atoms with Crippen LogP contribution in [0.4, 0.5) is 5.69 Å². The molecule has 2 aromatic heterocycles. The summed E-state index contributed by atoms with van der Waals surface area (Å²) in [5, 5.41) is 11.3. The van der Waals surface area contributed by atoms with Crippen LogP contribution in [0.5, 0.6) is 0 Å². The number of amides is 1. The smallest absolute Gasteiger partial charge is 0.240 e. The van der Waals surface area contributed by atoms with Crippen molar-refractivity contribution in [1.29, 1.82) is 0 Å². The van der Waals surface area contributed by atoms with Crippen LogP contribution in [0.3, 0.4) is 0 Å². The van der Waals surface area contributed by atoms with E-state index in [2.05, 4.69) is 20.2 Å². The van der Waals surface area contributed by atoms with E-state index in [1.54, 1.807) is 39.2 Å². The van der Waals surface area contributed by atoms with Gasteiger partial charge in [-0.15, -0.1) is 10.2 Å². The molecule has 0 bridgehead atoms. The lowest BCUT2D eigenvalue weighted by Crippen LogP contribution is -2.30. The lowest BCUT2D eigenvalue weighted by Gasteiger charge is -2.13. The largest absolute Gasteiger partial charge is 0.469 e. The molecule has 31 heavy (non-hydrogen) atoms. The fourth-order valence-corrected chi connectivity index (χ4v) is 4.89. The maximum Gasteiger partial charge on any atom is 0.240 e. The molecule has 11 heteroatoms. The van der Waals surface area contributed by atoms with E-state index in [9.17, 15) is 13.2 Å². The van der Waals surface area contributed by atoms with Gasteiger partial charge in [-0.3, -0.25) is 4.79 Å². The molecule has 9 nitrogen and oxygen atoms in total. The Bertz CT molecular complexity index is 1170. The lowest BCUT2D eigenvalue weighted by atomic mass is 10.2. The number of furan rings is 1. The summed E-state index contributed by atoms with van der Waals surface area (Å²) in [5.41, 5.74) is 1.36. The molecule has 1 aromatic carbocycles. The van der Waals surface area contributed by atoms with Crippen LogP contribution in [0.25, 0.3) is 11.4 Å². The zero-order valence-corrected chi connectivity index (χ0v) is 19.5. The first kappa shape index (κ1) is 23.0. The zero-order valence-electron chi connectivity index (χ0n) is 17.9. The Morgan fingerprint density at radius 2 is 1.81 bits per heavy atom. The van der Waals surface area contributed by atoms with Gasteiger partial charge in [0, 0.05) is 18.8 Å². The summed E-state index contributed by atoms with van der Waals surface area (Å²) in [6, 6.07) is 7.66. The number of carbonyl (C=O) groups is 1. The van der Waals surface area contributed by atoms with E-state index in [-0.39, 0.29) is 16.8 Å². The minimum atomic E-state index is -3.58. The first-order valence-corrected chi connectivity index (χ1v) is 12.0. The summed E-state index contributed by atoms with van der Waals surface area (Å²) in [4.78, 5) is 12.8. The number of anilines is 1. The number of nitrogens with zero attached hydrogens (tertiary/aromatic N) is 3. The second-order valence-corrected chi connectivity index (χ2v) is 10.3. The molecule has 0 aliphatic rings. The number of hydrogen-bond donors (Lipinski definition) is 2. The molecule has 1 amide bonds. The topological polar surface area (TPSA) is 119 Å². The summed E-state index contributed by atoms with van der Waals surface area (Å²) < 4.78 is 34.1. The maximum absolute atomic E-state index is 12.6. The van der Waals surface area contributed by atoms with Crippen LogP contribution in [0.15, 0.2) is 51.1 Å². The van der Waals surface area contributed by atoms with Crippen molar-refractivity contribution in [2.45, 2.75) is 49.0 Å². The Balaban J connectivity index is 1.65. The fraction of sp³-hybridized carbons (Fsp3) is 0.350. The van der Waals surface area contributed by atoms with Crippen molar-refractivity contribution in [2.24, 2.45) is 7.05 Å². The van der Waals surface area contributed by atoms with Gasteiger partial charge in [-0.2, -0.15) is 0 Å². The third-order valence-electron chi connectivity index (χ3n) is 4.41. The average Bonchev–Trinajstić information content (AvgIpc) is 3.26. The molecule has 0 radical (unpaired) electrons. The third kappa shape index (κ3) is 5.35. The molecule has 0 spiro atoms. The summed E-state index contributed by atoms with van der Waals surface area (Å²) in [6.45, 7) is 7.12. The summed E-state index contributed by atoms with van der Waals surface area (Å²) in [7, 11) is -1.75. The second kappa shape index (κ2) is 9.25. The highest BCUT2D eigenvalue weighted by Gasteiger charge is 2.21. The van der Waals surface area contributed by atoms with Gasteiger partial charge in [-0.25, -0.2) is 13.1 Å². The van der Waals surface area contributed by atoms with Gasteiger partial charge < -0.3 is 14.3 Å². The predicted octanol–water partition coefficient (Wildman–Crippen LogP) is 3.19. The highest BCUT2D eigenvalue weighted by Crippen LogP contribution is 2.28. The van der Waals surface area contributed by atoms with Crippen LogP contribution in [0.2, 0.25) is 0 Å². The van der Waals surface area contributed by atoms with E-state index in [0.717, 1.165) is 11.3 Å². The molecule has 0 aliphatic heterocycles. The number of sulfonamides is 1. The molecule has 2 N–H and O–H groups in total. The van der Waals surface area contributed by atoms with Crippen molar-refractivity contribution in [3.05, 3.63) is 42.4 Å². The van der Waals surface area contributed by atoms with Gasteiger partial charge in [0.05, 0.1) is 22.0 Å². The van der Waals surface area contributed by atoms with Crippen LogP contribution in [0, 0.1) is 6.92 Å². The molecule has 1 unspecified atom stereocenters. The highest BCUT2D eigenvalue weighted by molar-refractivity contribution is 8.00. The van der Waals surface area contributed by atoms with Gasteiger partial charge in [-0.1, -0.05) is 11.8 Å². The summed E-state index contributed by atoms with van der Waals surface area (Å²) >= 11 is 1.28. The number of rotatable bonds is 8. The Hall–Kier alpha value is -2.63. The van der Waals surface area contributed by atoms with Gasteiger partial charge >= 0.3 is 0 Å². The van der Waals surface area contributed by atoms with Gasteiger partial charge in [0.2, 0.25) is 15.9 Å². The molecule has 0 fully saturated rings. The first-order valence-electron chi connectivity index (χ1n) is 9.62. The summed E-state index contributed by atoms with van der Waals surface area (Å²) in [5.74, 6) is 1.17. The predicted molar refractivity (Wildman–Crippen MR) is 119 cm³/mol. The summed E-state index contributed by atoms with van der Waals surface area (Å²) in [6.07, 6.45) is 1.59. The second-order valence-electron chi connectivity index (χ2n) is 7.31. The van der Waals surface area contributed by atoms with Crippen molar-refractivity contribution in [1.82, 2.24) is 19.5 Å². The molecule has 1 atom stereocenters.